The second-order valence-corrected chi connectivity index (χ2v) is 7.74. The van der Waals surface area contributed by atoms with Gasteiger partial charge in [0.2, 0.25) is 5.91 Å². The second-order valence-electron chi connectivity index (χ2n) is 6.82. The van der Waals surface area contributed by atoms with Gasteiger partial charge in [0, 0.05) is 23.1 Å². The van der Waals surface area contributed by atoms with Gasteiger partial charge in [-0.1, -0.05) is 28.1 Å². The third-order valence-corrected chi connectivity index (χ3v) is 5.35. The number of carbonyl (C=O) groups excluding carboxylic acids is 2. The van der Waals surface area contributed by atoms with Crippen LogP contribution in [0.5, 0.6) is 5.75 Å². The maximum atomic E-state index is 13.3. The highest BCUT2D eigenvalue weighted by Gasteiger charge is 2.31. The van der Waals surface area contributed by atoms with Crippen molar-refractivity contribution in [3.05, 3.63) is 64.1 Å². The van der Waals surface area contributed by atoms with E-state index >= 15 is 0 Å². The highest BCUT2D eigenvalue weighted by Crippen LogP contribution is 2.21. The summed E-state index contributed by atoms with van der Waals surface area (Å²) in [4.78, 5) is 27.6. The van der Waals surface area contributed by atoms with Crippen LogP contribution in [0.3, 0.4) is 0 Å². The lowest BCUT2D eigenvalue weighted by atomic mass is 10.1. The first-order chi connectivity index (χ1) is 13.6. The van der Waals surface area contributed by atoms with Crippen molar-refractivity contribution in [2.75, 3.05) is 13.2 Å². The largest absolute Gasteiger partial charge is 0.494 e. The number of amides is 2. The lowest BCUT2D eigenvalue weighted by Crippen LogP contribution is -2.48. The summed E-state index contributed by atoms with van der Waals surface area (Å²) in [6.45, 7) is 3.59. The van der Waals surface area contributed by atoms with E-state index in [1.54, 1.807) is 17.0 Å². The molecule has 1 unspecified atom stereocenters. The fraction of sp³-hybridized carbons (Fsp3) is 0.364. The molecule has 0 saturated carbocycles. The molecule has 2 amide bonds. The Bertz CT molecular complexity index is 806. The average molecular weight is 445 g/mol. The second kappa shape index (κ2) is 9.73. The van der Waals surface area contributed by atoms with Crippen molar-refractivity contribution in [2.24, 2.45) is 0 Å². The molecule has 28 heavy (non-hydrogen) atoms. The molecule has 148 valence electrons. The molecule has 1 saturated heterocycles. The minimum Gasteiger partial charge on any atom is -0.494 e. The summed E-state index contributed by atoms with van der Waals surface area (Å²) >= 11 is 3.40. The quantitative estimate of drug-likeness (QED) is 0.727. The third kappa shape index (κ3) is 5.13. The zero-order valence-electron chi connectivity index (χ0n) is 16.0. The predicted molar refractivity (Wildman–Crippen MR) is 112 cm³/mol. The molecule has 3 rings (SSSR count). The van der Waals surface area contributed by atoms with E-state index in [0.29, 0.717) is 31.7 Å². The van der Waals surface area contributed by atoms with Crippen LogP contribution in [0.1, 0.15) is 42.1 Å². The first kappa shape index (κ1) is 20.4. The van der Waals surface area contributed by atoms with Crippen LogP contribution in [0.2, 0.25) is 0 Å². The standard InChI is InChI=1S/C22H25BrN2O3/c1-2-28-19-12-6-16(7-13-19)15-25(20-5-3-4-14-24-21(20)26)22(27)17-8-10-18(23)11-9-17/h6-13,20H,2-5,14-15H2,1H3,(H,24,26). The van der Waals surface area contributed by atoms with Crippen LogP contribution in [-0.4, -0.2) is 35.9 Å². The predicted octanol–water partition coefficient (Wildman–Crippen LogP) is 4.16. The molecular weight excluding hydrogens is 420 g/mol. The van der Waals surface area contributed by atoms with Gasteiger partial charge in [-0.2, -0.15) is 0 Å². The summed E-state index contributed by atoms with van der Waals surface area (Å²) in [6.07, 6.45) is 2.52. The monoisotopic (exact) mass is 444 g/mol. The van der Waals surface area contributed by atoms with Gasteiger partial charge in [-0.3, -0.25) is 9.59 Å². The number of hydrogen-bond acceptors (Lipinski definition) is 3. The Hall–Kier alpha value is -2.34. The number of rotatable bonds is 6. The number of carbonyl (C=O) groups is 2. The molecule has 1 aliphatic heterocycles. The van der Waals surface area contributed by atoms with Gasteiger partial charge in [-0.05, 0) is 68.1 Å². The molecule has 1 fully saturated rings. The summed E-state index contributed by atoms with van der Waals surface area (Å²) in [7, 11) is 0. The third-order valence-electron chi connectivity index (χ3n) is 4.82. The fourth-order valence-electron chi connectivity index (χ4n) is 3.36. The molecule has 6 heteroatoms. The van der Waals surface area contributed by atoms with E-state index in [1.807, 2.05) is 43.3 Å². The van der Waals surface area contributed by atoms with Crippen LogP contribution < -0.4 is 10.1 Å². The summed E-state index contributed by atoms with van der Waals surface area (Å²) in [5.41, 5.74) is 1.54. The Morgan fingerprint density at radius 3 is 2.54 bits per heavy atom. The SMILES string of the molecule is CCOc1ccc(CN(C(=O)c2ccc(Br)cc2)C2CCCCNC2=O)cc1. The Balaban J connectivity index is 1.87. The van der Waals surface area contributed by atoms with E-state index in [9.17, 15) is 9.59 Å². The van der Waals surface area contributed by atoms with Gasteiger partial charge >= 0.3 is 0 Å². The molecule has 1 atom stereocenters. The van der Waals surface area contributed by atoms with Gasteiger partial charge in [-0.25, -0.2) is 0 Å². The van der Waals surface area contributed by atoms with E-state index in [0.717, 1.165) is 28.6 Å². The smallest absolute Gasteiger partial charge is 0.254 e. The molecule has 0 aliphatic carbocycles. The van der Waals surface area contributed by atoms with Gasteiger partial charge < -0.3 is 15.0 Å². The lowest BCUT2D eigenvalue weighted by Gasteiger charge is -2.30. The first-order valence-electron chi connectivity index (χ1n) is 9.64. The summed E-state index contributed by atoms with van der Waals surface area (Å²) in [6, 6.07) is 14.5. The summed E-state index contributed by atoms with van der Waals surface area (Å²) in [5.74, 6) is 0.585. The zero-order chi connectivity index (χ0) is 19.9. The summed E-state index contributed by atoms with van der Waals surface area (Å²) in [5, 5.41) is 2.94. The molecule has 5 nitrogen and oxygen atoms in total. The molecule has 2 aromatic rings. The van der Waals surface area contributed by atoms with Crippen molar-refractivity contribution in [2.45, 2.75) is 38.8 Å². The molecule has 1 N–H and O–H groups in total. The van der Waals surface area contributed by atoms with E-state index in [-0.39, 0.29) is 11.8 Å². The molecule has 0 bridgehead atoms. The van der Waals surface area contributed by atoms with Crippen LogP contribution in [0.4, 0.5) is 0 Å². The van der Waals surface area contributed by atoms with Crippen LogP contribution in [-0.2, 0) is 11.3 Å². The molecular formula is C22H25BrN2O3. The van der Waals surface area contributed by atoms with E-state index in [2.05, 4.69) is 21.2 Å². The minimum atomic E-state index is -0.467. The van der Waals surface area contributed by atoms with Gasteiger partial charge in [0.1, 0.15) is 11.8 Å². The zero-order valence-corrected chi connectivity index (χ0v) is 17.6. The van der Waals surface area contributed by atoms with Crippen molar-refractivity contribution in [1.29, 1.82) is 0 Å². The van der Waals surface area contributed by atoms with E-state index in [4.69, 9.17) is 4.74 Å². The minimum absolute atomic E-state index is 0.0751. The van der Waals surface area contributed by atoms with Crippen LogP contribution in [0, 0.1) is 0 Å². The van der Waals surface area contributed by atoms with E-state index < -0.39 is 6.04 Å². The number of nitrogens with zero attached hydrogens (tertiary/aromatic N) is 1. The maximum Gasteiger partial charge on any atom is 0.254 e. The molecule has 1 heterocycles. The van der Waals surface area contributed by atoms with Gasteiger partial charge in [0.05, 0.1) is 6.61 Å². The van der Waals surface area contributed by atoms with Crippen molar-refractivity contribution >= 4 is 27.7 Å². The Kier molecular flexibility index (Phi) is 7.09. The Labute approximate surface area is 174 Å². The molecule has 1 aliphatic rings. The van der Waals surface area contributed by atoms with Crippen molar-refractivity contribution in [3.8, 4) is 5.75 Å². The highest BCUT2D eigenvalue weighted by atomic mass is 79.9. The molecule has 0 radical (unpaired) electrons. The van der Waals surface area contributed by atoms with Gasteiger partial charge in [0.15, 0.2) is 0 Å². The summed E-state index contributed by atoms with van der Waals surface area (Å²) < 4.78 is 6.41. The van der Waals surface area contributed by atoms with Crippen LogP contribution in [0.25, 0.3) is 0 Å². The van der Waals surface area contributed by atoms with Crippen molar-refractivity contribution in [3.63, 3.8) is 0 Å². The fourth-order valence-corrected chi connectivity index (χ4v) is 3.62. The first-order valence-corrected chi connectivity index (χ1v) is 10.4. The lowest BCUT2D eigenvalue weighted by molar-refractivity contribution is -0.125. The topological polar surface area (TPSA) is 58.6 Å². The highest BCUT2D eigenvalue weighted by molar-refractivity contribution is 9.10. The molecule has 2 aromatic carbocycles. The van der Waals surface area contributed by atoms with Crippen molar-refractivity contribution < 1.29 is 14.3 Å². The average Bonchev–Trinajstić information content (AvgIpc) is 2.92. The number of benzene rings is 2. The number of ether oxygens (including phenoxy) is 1. The van der Waals surface area contributed by atoms with Crippen LogP contribution in [0.15, 0.2) is 53.0 Å². The maximum absolute atomic E-state index is 13.3. The Morgan fingerprint density at radius 2 is 1.86 bits per heavy atom. The van der Waals surface area contributed by atoms with Crippen molar-refractivity contribution in [1.82, 2.24) is 10.2 Å². The normalized spacial score (nSPS) is 16.8. The van der Waals surface area contributed by atoms with Gasteiger partial charge in [0.25, 0.3) is 5.91 Å². The Morgan fingerprint density at radius 1 is 1.14 bits per heavy atom. The van der Waals surface area contributed by atoms with E-state index in [1.165, 1.54) is 0 Å². The molecule has 0 aromatic heterocycles. The number of halogens is 1. The van der Waals surface area contributed by atoms with Gasteiger partial charge in [-0.15, -0.1) is 0 Å². The number of hydrogen-bond donors (Lipinski definition) is 1. The number of nitrogens with one attached hydrogen (secondary N) is 1. The van der Waals surface area contributed by atoms with Crippen LogP contribution >= 0.6 is 15.9 Å². The molecule has 0 spiro atoms.